The number of imidazole rings is 1. The van der Waals surface area contributed by atoms with E-state index in [1.165, 1.54) is 5.56 Å². The molecule has 2 aromatic heterocycles. The predicted molar refractivity (Wildman–Crippen MR) is 79.9 cm³/mol. The van der Waals surface area contributed by atoms with Crippen molar-refractivity contribution in [3.05, 3.63) is 59.5 Å². The summed E-state index contributed by atoms with van der Waals surface area (Å²) in [6.07, 6.45) is 4.05. The zero-order chi connectivity index (χ0) is 14.1. The maximum atomic E-state index is 5.81. The first kappa shape index (κ1) is 12.5. The Balaban J connectivity index is 1.79. The van der Waals surface area contributed by atoms with Gasteiger partial charge in [0.1, 0.15) is 18.0 Å². The summed E-state index contributed by atoms with van der Waals surface area (Å²) >= 11 is 0. The number of nitrogen functional groups attached to an aromatic ring is 1. The minimum atomic E-state index is 0.450. The molecule has 0 bridgehead atoms. The molecule has 0 fully saturated rings. The van der Waals surface area contributed by atoms with Crippen molar-refractivity contribution in [1.82, 2.24) is 9.38 Å². The number of nitrogens with two attached hydrogens (primary N) is 1. The van der Waals surface area contributed by atoms with Gasteiger partial charge < -0.3 is 14.9 Å². The van der Waals surface area contributed by atoms with Crippen LogP contribution in [0.25, 0.3) is 5.65 Å². The Morgan fingerprint density at radius 2 is 2.00 bits per heavy atom. The van der Waals surface area contributed by atoms with Crippen molar-refractivity contribution in [2.24, 2.45) is 0 Å². The molecule has 0 atom stereocenters. The van der Waals surface area contributed by atoms with E-state index >= 15 is 0 Å². The first-order valence-electron chi connectivity index (χ1n) is 6.55. The third kappa shape index (κ3) is 2.45. The molecule has 3 rings (SSSR count). The van der Waals surface area contributed by atoms with Gasteiger partial charge in [0.15, 0.2) is 0 Å². The summed E-state index contributed by atoms with van der Waals surface area (Å²) < 4.78 is 7.82. The van der Waals surface area contributed by atoms with Gasteiger partial charge in [0.2, 0.25) is 0 Å². The van der Waals surface area contributed by atoms with Crippen LogP contribution in [0, 0.1) is 13.8 Å². The number of nitrogens with zero attached hydrogens (tertiary/aromatic N) is 2. The van der Waals surface area contributed by atoms with Crippen molar-refractivity contribution in [1.29, 1.82) is 0 Å². The molecule has 2 N–H and O–H groups in total. The summed E-state index contributed by atoms with van der Waals surface area (Å²) in [6, 6.07) is 9.70. The lowest BCUT2D eigenvalue weighted by Crippen LogP contribution is -1.98. The van der Waals surface area contributed by atoms with Crippen LogP contribution in [0.3, 0.4) is 0 Å². The van der Waals surface area contributed by atoms with E-state index in [1.54, 1.807) is 0 Å². The summed E-state index contributed by atoms with van der Waals surface area (Å²) in [7, 11) is 0. The number of aryl methyl sites for hydroxylation is 2. The fourth-order valence-corrected chi connectivity index (χ4v) is 2.21. The van der Waals surface area contributed by atoms with Gasteiger partial charge >= 0.3 is 0 Å². The van der Waals surface area contributed by atoms with Crippen molar-refractivity contribution in [2.75, 3.05) is 5.73 Å². The van der Waals surface area contributed by atoms with Gasteiger partial charge in [-0.3, -0.25) is 0 Å². The molecule has 1 aromatic carbocycles. The number of fused-ring (bicyclic) bond motifs is 1. The highest BCUT2D eigenvalue weighted by atomic mass is 16.5. The smallest absolute Gasteiger partial charge is 0.137 e. The molecule has 102 valence electrons. The predicted octanol–water partition coefficient (Wildman–Crippen LogP) is 3.11. The first-order chi connectivity index (χ1) is 9.61. The Morgan fingerprint density at radius 3 is 2.80 bits per heavy atom. The molecule has 4 nitrogen and oxygen atoms in total. The Bertz CT molecular complexity index is 762. The van der Waals surface area contributed by atoms with Gasteiger partial charge in [-0.1, -0.05) is 6.07 Å². The second kappa shape index (κ2) is 4.89. The van der Waals surface area contributed by atoms with E-state index < -0.39 is 0 Å². The summed E-state index contributed by atoms with van der Waals surface area (Å²) in [5.74, 6) is 0.840. The van der Waals surface area contributed by atoms with Crippen LogP contribution in [-0.4, -0.2) is 9.38 Å². The van der Waals surface area contributed by atoms with Crippen LogP contribution >= 0.6 is 0 Å². The summed E-state index contributed by atoms with van der Waals surface area (Å²) in [4.78, 5) is 4.53. The van der Waals surface area contributed by atoms with E-state index in [4.69, 9.17) is 10.5 Å². The quantitative estimate of drug-likeness (QED) is 0.742. The van der Waals surface area contributed by atoms with E-state index in [1.807, 2.05) is 41.8 Å². The van der Waals surface area contributed by atoms with E-state index in [0.717, 1.165) is 28.3 Å². The highest BCUT2D eigenvalue weighted by Crippen LogP contribution is 2.21. The number of benzene rings is 1. The van der Waals surface area contributed by atoms with Crippen LogP contribution in [0.1, 0.15) is 16.8 Å². The van der Waals surface area contributed by atoms with Gasteiger partial charge in [-0.25, -0.2) is 4.98 Å². The largest absolute Gasteiger partial charge is 0.487 e. The Hall–Kier alpha value is -2.49. The third-order valence-corrected chi connectivity index (χ3v) is 3.22. The molecule has 0 spiro atoms. The second-order valence-electron chi connectivity index (χ2n) is 5.02. The molecule has 0 aliphatic rings. The monoisotopic (exact) mass is 267 g/mol. The van der Waals surface area contributed by atoms with Gasteiger partial charge in [0.25, 0.3) is 0 Å². The fraction of sp³-hybridized carbons (Fsp3) is 0.188. The average molecular weight is 267 g/mol. The summed E-state index contributed by atoms with van der Waals surface area (Å²) in [5, 5.41) is 0. The molecule has 0 amide bonds. The van der Waals surface area contributed by atoms with E-state index in [2.05, 4.69) is 24.2 Å². The SMILES string of the molecule is Cc1ccc2nc(COc3ccc(N)cc3C)cn2c1. The maximum absolute atomic E-state index is 5.81. The lowest BCUT2D eigenvalue weighted by Gasteiger charge is -2.07. The minimum Gasteiger partial charge on any atom is -0.487 e. The summed E-state index contributed by atoms with van der Waals surface area (Å²) in [5.41, 5.74) is 10.6. The molecule has 2 heterocycles. The number of hydrogen-bond acceptors (Lipinski definition) is 3. The van der Waals surface area contributed by atoms with E-state index in [-0.39, 0.29) is 0 Å². The summed E-state index contributed by atoms with van der Waals surface area (Å²) in [6.45, 7) is 4.50. The van der Waals surface area contributed by atoms with Crippen molar-refractivity contribution in [3.8, 4) is 5.75 Å². The third-order valence-electron chi connectivity index (χ3n) is 3.22. The zero-order valence-electron chi connectivity index (χ0n) is 11.6. The van der Waals surface area contributed by atoms with Gasteiger partial charge in [-0.2, -0.15) is 0 Å². The number of anilines is 1. The van der Waals surface area contributed by atoms with E-state index in [9.17, 15) is 0 Å². The first-order valence-corrected chi connectivity index (χ1v) is 6.55. The van der Waals surface area contributed by atoms with Crippen LogP contribution in [0.15, 0.2) is 42.7 Å². The maximum Gasteiger partial charge on any atom is 0.137 e. The lowest BCUT2D eigenvalue weighted by atomic mass is 10.2. The van der Waals surface area contributed by atoms with Crippen molar-refractivity contribution in [2.45, 2.75) is 20.5 Å². The minimum absolute atomic E-state index is 0.450. The molecule has 0 saturated carbocycles. The molecule has 0 aliphatic carbocycles. The Labute approximate surface area is 117 Å². The zero-order valence-corrected chi connectivity index (χ0v) is 11.6. The molecule has 0 radical (unpaired) electrons. The van der Waals surface area contributed by atoms with Gasteiger partial charge in [0.05, 0.1) is 5.69 Å². The van der Waals surface area contributed by atoms with Gasteiger partial charge in [-0.05, 0) is 49.2 Å². The Morgan fingerprint density at radius 1 is 1.15 bits per heavy atom. The van der Waals surface area contributed by atoms with Crippen molar-refractivity contribution >= 4 is 11.3 Å². The fourth-order valence-electron chi connectivity index (χ4n) is 2.21. The van der Waals surface area contributed by atoms with Gasteiger partial charge in [0, 0.05) is 18.1 Å². The highest BCUT2D eigenvalue weighted by Gasteiger charge is 2.04. The topological polar surface area (TPSA) is 52.5 Å². The number of ether oxygens (including phenoxy) is 1. The van der Waals surface area contributed by atoms with E-state index in [0.29, 0.717) is 6.61 Å². The lowest BCUT2D eigenvalue weighted by molar-refractivity contribution is 0.300. The molecule has 0 unspecified atom stereocenters. The standard InChI is InChI=1S/C16H17N3O/c1-11-3-6-16-18-14(9-19(16)8-11)10-20-15-5-4-13(17)7-12(15)2/h3-9H,10,17H2,1-2H3. The van der Waals surface area contributed by atoms with Crippen LogP contribution in [0.2, 0.25) is 0 Å². The molecule has 0 saturated heterocycles. The molecular weight excluding hydrogens is 250 g/mol. The van der Waals surface area contributed by atoms with Crippen molar-refractivity contribution in [3.63, 3.8) is 0 Å². The van der Waals surface area contributed by atoms with Crippen LogP contribution < -0.4 is 10.5 Å². The number of aromatic nitrogens is 2. The molecular formula is C16H17N3O. The van der Waals surface area contributed by atoms with Crippen LogP contribution in [0.5, 0.6) is 5.75 Å². The molecule has 4 heteroatoms. The number of pyridine rings is 1. The molecule has 0 aliphatic heterocycles. The van der Waals surface area contributed by atoms with Crippen LogP contribution in [0.4, 0.5) is 5.69 Å². The van der Waals surface area contributed by atoms with Gasteiger partial charge in [-0.15, -0.1) is 0 Å². The number of hydrogen-bond donors (Lipinski definition) is 1. The van der Waals surface area contributed by atoms with Crippen molar-refractivity contribution < 1.29 is 4.74 Å². The normalized spacial score (nSPS) is 10.9. The van der Waals surface area contributed by atoms with Crippen LogP contribution in [-0.2, 0) is 6.61 Å². The Kier molecular flexibility index (Phi) is 3.06. The molecule has 20 heavy (non-hydrogen) atoms. The number of rotatable bonds is 3. The average Bonchev–Trinajstić information content (AvgIpc) is 2.79. The molecule has 3 aromatic rings. The second-order valence-corrected chi connectivity index (χ2v) is 5.02. The highest BCUT2D eigenvalue weighted by molar-refractivity contribution is 5.47.